The number of carbonyl (C=O) groups excluding carboxylic acids is 4. The number of nitrogens with one attached hydrogen (secondary N) is 5. The minimum Gasteiger partial charge on any atom is -0.496 e. The van der Waals surface area contributed by atoms with E-state index < -0.39 is 36.0 Å². The number of fused-ring (bicyclic) bond motifs is 1. The SMILES string of the molecule is CCCCCNc1nc(N)nc2ccn(Cc3ccc(COCCOCCOCCOCCNC(=O)OCc4ccc(NC(=O)[C@H](CCCNC(N)=O)NC(=O)[C@@H](N)C(C)C)cc4)cc3OC)c12. The standard InChI is InChI=1S/C47H71N11O10/c1-5-6-7-17-51-42-41-37(56-45(49)57-42)16-20-58(41)29-35-13-10-34(28-39(35)63-4)30-67-27-26-66-25-24-65-23-22-64-21-19-53-47(62)68-31-33-11-14-36(15-12-33)54-43(59)38(9-8-18-52-46(50)61)55-44(60)40(48)32(2)3/h10-16,20,28,32,38,40H,5-9,17-19,21-27,29-31,48H2,1-4H3,(H,53,62)(H,54,59)(H,55,60)(H3,50,52,61)(H3,49,51,56,57)/t38-,40-/m0/s1. The van der Waals surface area contributed by atoms with E-state index in [1.54, 1.807) is 31.4 Å². The number of alkyl carbamates (subject to hydrolysis) is 1. The Kier molecular flexibility index (Phi) is 24.1. The van der Waals surface area contributed by atoms with Gasteiger partial charge in [-0.05, 0) is 60.6 Å². The molecule has 4 rings (SSSR count). The van der Waals surface area contributed by atoms with E-state index in [2.05, 4.69) is 48.0 Å². The van der Waals surface area contributed by atoms with Crippen molar-refractivity contribution < 1.29 is 47.6 Å². The molecular formula is C47H71N11O10. The van der Waals surface area contributed by atoms with Gasteiger partial charge < -0.3 is 76.8 Å². The average Bonchev–Trinajstić information content (AvgIpc) is 3.72. The molecule has 0 saturated carbocycles. The van der Waals surface area contributed by atoms with Crippen LogP contribution in [0.1, 0.15) is 69.6 Å². The number of hydrogen-bond donors (Lipinski definition) is 8. The number of urea groups is 1. The van der Waals surface area contributed by atoms with E-state index in [1.807, 2.05) is 44.3 Å². The van der Waals surface area contributed by atoms with Crippen LogP contribution in [0, 0.1) is 5.92 Å². The summed E-state index contributed by atoms with van der Waals surface area (Å²) in [7, 11) is 1.66. The number of ether oxygens (including phenoxy) is 6. The molecular weight excluding hydrogens is 879 g/mol. The molecule has 2 heterocycles. The van der Waals surface area contributed by atoms with Crippen molar-refractivity contribution in [1.29, 1.82) is 0 Å². The number of unbranched alkanes of at least 4 members (excludes halogenated alkanes) is 2. The molecule has 0 bridgehead atoms. The number of rotatable bonds is 33. The summed E-state index contributed by atoms with van der Waals surface area (Å²) >= 11 is 0. The maximum Gasteiger partial charge on any atom is 0.407 e. The number of nitrogen functional groups attached to an aromatic ring is 1. The molecule has 0 saturated heterocycles. The molecule has 374 valence electrons. The molecule has 2 aromatic carbocycles. The average molecular weight is 950 g/mol. The summed E-state index contributed by atoms with van der Waals surface area (Å²) in [6.45, 7) is 10.7. The van der Waals surface area contributed by atoms with Crippen molar-refractivity contribution in [3.05, 3.63) is 71.4 Å². The molecule has 0 fully saturated rings. The molecule has 0 aliphatic heterocycles. The topological polar surface area (TPSA) is 293 Å². The number of amides is 5. The molecule has 11 N–H and O–H groups in total. The van der Waals surface area contributed by atoms with E-state index in [0.29, 0.717) is 70.5 Å². The van der Waals surface area contributed by atoms with E-state index in [0.717, 1.165) is 59.5 Å². The second-order valence-electron chi connectivity index (χ2n) is 16.2. The third-order valence-corrected chi connectivity index (χ3v) is 10.5. The van der Waals surface area contributed by atoms with E-state index >= 15 is 0 Å². The lowest BCUT2D eigenvalue weighted by molar-refractivity contribution is -0.128. The second kappa shape index (κ2) is 30.2. The zero-order valence-electron chi connectivity index (χ0n) is 39.8. The lowest BCUT2D eigenvalue weighted by atomic mass is 10.0. The van der Waals surface area contributed by atoms with Gasteiger partial charge in [0.25, 0.3) is 0 Å². The molecule has 2 atom stereocenters. The fourth-order valence-corrected chi connectivity index (χ4v) is 6.70. The molecule has 0 unspecified atom stereocenters. The molecule has 68 heavy (non-hydrogen) atoms. The van der Waals surface area contributed by atoms with Crippen LogP contribution >= 0.6 is 0 Å². The number of hydrogen-bond acceptors (Lipinski definition) is 15. The minimum absolute atomic E-state index is 0.00517. The zero-order valence-corrected chi connectivity index (χ0v) is 39.8. The molecule has 0 aliphatic carbocycles. The highest BCUT2D eigenvalue weighted by molar-refractivity contribution is 5.98. The Bertz CT molecular complexity index is 2160. The van der Waals surface area contributed by atoms with Crippen molar-refractivity contribution in [3.63, 3.8) is 0 Å². The van der Waals surface area contributed by atoms with Gasteiger partial charge in [0, 0.05) is 37.1 Å². The molecule has 4 aromatic rings. The van der Waals surface area contributed by atoms with Crippen LogP contribution in [0.3, 0.4) is 0 Å². The van der Waals surface area contributed by atoms with Gasteiger partial charge in [-0.15, -0.1) is 0 Å². The number of nitrogens with two attached hydrogens (primary N) is 3. The monoisotopic (exact) mass is 950 g/mol. The fraction of sp³-hybridized carbons (Fsp3) is 0.532. The Morgan fingerprint density at radius 2 is 1.46 bits per heavy atom. The van der Waals surface area contributed by atoms with E-state index in [4.69, 9.17) is 45.6 Å². The number of carbonyl (C=O) groups is 4. The van der Waals surface area contributed by atoms with Gasteiger partial charge in [0.2, 0.25) is 17.8 Å². The maximum atomic E-state index is 13.1. The third-order valence-electron chi connectivity index (χ3n) is 10.5. The fourth-order valence-electron chi connectivity index (χ4n) is 6.70. The second-order valence-corrected chi connectivity index (χ2v) is 16.2. The molecule has 5 amide bonds. The summed E-state index contributed by atoms with van der Waals surface area (Å²) in [5.74, 6) is 0.703. The van der Waals surface area contributed by atoms with Crippen molar-refractivity contribution in [2.75, 3.05) is 89.4 Å². The van der Waals surface area contributed by atoms with Gasteiger partial charge in [-0.2, -0.15) is 4.98 Å². The summed E-state index contributed by atoms with van der Waals surface area (Å²) in [4.78, 5) is 57.8. The Labute approximate surface area is 398 Å². The van der Waals surface area contributed by atoms with Crippen LogP contribution in [0.15, 0.2) is 54.7 Å². The number of methoxy groups -OCH3 is 1. The first-order valence-corrected chi connectivity index (χ1v) is 23.1. The van der Waals surface area contributed by atoms with E-state index in [-0.39, 0.29) is 44.6 Å². The quantitative estimate of drug-likeness (QED) is 0.0313. The smallest absolute Gasteiger partial charge is 0.407 e. The van der Waals surface area contributed by atoms with Crippen LogP contribution in [-0.2, 0) is 53.0 Å². The molecule has 0 spiro atoms. The predicted octanol–water partition coefficient (Wildman–Crippen LogP) is 4.02. The molecule has 21 nitrogen and oxygen atoms in total. The molecule has 0 aliphatic rings. The zero-order chi connectivity index (χ0) is 49.1. The highest BCUT2D eigenvalue weighted by Crippen LogP contribution is 2.27. The molecule has 21 heteroatoms. The van der Waals surface area contributed by atoms with Crippen LogP contribution < -0.4 is 48.5 Å². The van der Waals surface area contributed by atoms with Gasteiger partial charge in [0.1, 0.15) is 23.9 Å². The summed E-state index contributed by atoms with van der Waals surface area (Å²) in [6.07, 6.45) is 5.34. The number of anilines is 3. The Balaban J connectivity index is 1.02. The first-order valence-electron chi connectivity index (χ1n) is 23.1. The van der Waals surface area contributed by atoms with Crippen LogP contribution in [0.25, 0.3) is 11.0 Å². The normalized spacial score (nSPS) is 12.1. The Hall–Kier alpha value is -6.26. The summed E-state index contributed by atoms with van der Waals surface area (Å²) < 4.78 is 35.7. The van der Waals surface area contributed by atoms with Crippen LogP contribution in [0.4, 0.5) is 27.0 Å². The van der Waals surface area contributed by atoms with Gasteiger partial charge in [-0.1, -0.05) is 57.9 Å². The van der Waals surface area contributed by atoms with Crippen LogP contribution in [0.2, 0.25) is 0 Å². The van der Waals surface area contributed by atoms with Gasteiger partial charge in [-0.3, -0.25) is 9.59 Å². The first kappa shape index (κ1) is 54.3. The molecule has 0 radical (unpaired) electrons. The van der Waals surface area contributed by atoms with Crippen LogP contribution in [0.5, 0.6) is 5.75 Å². The van der Waals surface area contributed by atoms with Crippen molar-refractivity contribution in [1.82, 2.24) is 30.5 Å². The Morgan fingerprint density at radius 3 is 2.13 bits per heavy atom. The largest absolute Gasteiger partial charge is 0.496 e. The summed E-state index contributed by atoms with van der Waals surface area (Å²) in [5.41, 5.74) is 21.9. The lowest BCUT2D eigenvalue weighted by Gasteiger charge is -2.22. The van der Waals surface area contributed by atoms with Crippen molar-refractivity contribution in [2.24, 2.45) is 17.4 Å². The predicted molar refractivity (Wildman–Crippen MR) is 259 cm³/mol. The highest BCUT2D eigenvalue weighted by atomic mass is 16.6. The molecule has 2 aromatic heterocycles. The first-order chi connectivity index (χ1) is 32.9. The number of primary amides is 1. The Morgan fingerprint density at radius 1 is 0.765 bits per heavy atom. The number of nitrogens with zero attached hydrogens (tertiary/aromatic N) is 3. The number of benzene rings is 2. The highest BCUT2D eigenvalue weighted by Gasteiger charge is 2.25. The van der Waals surface area contributed by atoms with Gasteiger partial charge in [-0.25, -0.2) is 14.6 Å². The summed E-state index contributed by atoms with van der Waals surface area (Å²) in [6, 6.07) is 12.4. The van der Waals surface area contributed by atoms with Gasteiger partial charge in [0.05, 0.1) is 78.1 Å². The van der Waals surface area contributed by atoms with Crippen molar-refractivity contribution >= 4 is 52.4 Å². The lowest BCUT2D eigenvalue weighted by Crippen LogP contribution is -2.51. The van der Waals surface area contributed by atoms with Gasteiger partial charge in [0.15, 0.2) is 5.82 Å². The van der Waals surface area contributed by atoms with E-state index in [9.17, 15) is 19.2 Å². The third kappa shape index (κ3) is 19.5. The van der Waals surface area contributed by atoms with Crippen molar-refractivity contribution in [3.8, 4) is 5.75 Å². The maximum absolute atomic E-state index is 13.1. The minimum atomic E-state index is -0.892. The van der Waals surface area contributed by atoms with Gasteiger partial charge >= 0.3 is 12.1 Å². The van der Waals surface area contributed by atoms with Crippen LogP contribution in [-0.4, -0.2) is 124 Å². The van der Waals surface area contributed by atoms with E-state index in [1.165, 1.54) is 0 Å². The summed E-state index contributed by atoms with van der Waals surface area (Å²) in [5, 5.41) is 14.0. The van der Waals surface area contributed by atoms with Crippen molar-refractivity contribution in [2.45, 2.75) is 84.7 Å². The number of aromatic nitrogens is 3.